The predicted molar refractivity (Wildman–Crippen MR) is 75.0 cm³/mol. The van der Waals surface area contributed by atoms with E-state index in [2.05, 4.69) is 15.9 Å². The number of benzene rings is 1. The Morgan fingerprint density at radius 1 is 1.45 bits per heavy atom. The van der Waals surface area contributed by atoms with Crippen molar-refractivity contribution in [3.05, 3.63) is 34.1 Å². The number of carboxylic acid groups (broad SMARTS) is 1. The summed E-state index contributed by atoms with van der Waals surface area (Å²) in [5.74, 6) is -2.56. The molecule has 2 rings (SSSR count). The second-order valence-electron chi connectivity index (χ2n) is 4.95. The van der Waals surface area contributed by atoms with Crippen LogP contribution in [0.1, 0.15) is 30.1 Å². The summed E-state index contributed by atoms with van der Waals surface area (Å²) in [6.07, 6.45) is 1.16. The minimum Gasteiger partial charge on any atom is -0.481 e. The highest BCUT2D eigenvalue weighted by Gasteiger charge is 2.36. The van der Waals surface area contributed by atoms with Crippen molar-refractivity contribution in [1.82, 2.24) is 4.90 Å². The van der Waals surface area contributed by atoms with Gasteiger partial charge in [0.2, 0.25) is 0 Å². The average Bonchev–Trinajstić information content (AvgIpc) is 2.40. The van der Waals surface area contributed by atoms with Crippen molar-refractivity contribution in [2.45, 2.75) is 25.8 Å². The molecule has 1 aliphatic rings. The highest BCUT2D eigenvalue weighted by atomic mass is 79.9. The Hall–Kier alpha value is -1.43. The van der Waals surface area contributed by atoms with E-state index in [1.165, 1.54) is 23.1 Å². The SMILES string of the molecule is C[C@@H]1[C@H](C(=O)O)CCCN1C(=O)c1cc(Br)ccc1F. The molecule has 1 fully saturated rings. The summed E-state index contributed by atoms with van der Waals surface area (Å²) in [5.41, 5.74) is -0.0303. The van der Waals surface area contributed by atoms with Crippen molar-refractivity contribution in [2.24, 2.45) is 5.92 Å². The van der Waals surface area contributed by atoms with Crippen molar-refractivity contribution < 1.29 is 19.1 Å². The lowest BCUT2D eigenvalue weighted by atomic mass is 9.90. The second kappa shape index (κ2) is 5.91. The number of carbonyl (C=O) groups excluding carboxylic acids is 1. The highest BCUT2D eigenvalue weighted by Crippen LogP contribution is 2.26. The van der Waals surface area contributed by atoms with Crippen LogP contribution in [0.25, 0.3) is 0 Å². The molecule has 0 saturated carbocycles. The van der Waals surface area contributed by atoms with Gasteiger partial charge in [-0.25, -0.2) is 4.39 Å². The van der Waals surface area contributed by atoms with Crippen LogP contribution in [0.4, 0.5) is 4.39 Å². The van der Waals surface area contributed by atoms with Gasteiger partial charge in [-0.05, 0) is 38.0 Å². The second-order valence-corrected chi connectivity index (χ2v) is 5.87. The molecule has 0 aliphatic carbocycles. The molecule has 0 radical (unpaired) electrons. The fourth-order valence-electron chi connectivity index (χ4n) is 2.58. The number of likely N-dealkylation sites (tertiary alicyclic amines) is 1. The largest absolute Gasteiger partial charge is 0.481 e. The number of piperidine rings is 1. The third-order valence-corrected chi connectivity index (χ3v) is 4.22. The van der Waals surface area contributed by atoms with Crippen molar-refractivity contribution in [2.75, 3.05) is 6.54 Å². The van der Waals surface area contributed by atoms with Gasteiger partial charge in [0, 0.05) is 17.1 Å². The lowest BCUT2D eigenvalue weighted by molar-refractivity contribution is -0.144. The van der Waals surface area contributed by atoms with Crippen LogP contribution in [-0.4, -0.2) is 34.5 Å². The molecule has 4 nitrogen and oxygen atoms in total. The van der Waals surface area contributed by atoms with Crippen LogP contribution in [0.15, 0.2) is 22.7 Å². The first kappa shape index (κ1) is 15.0. The third-order valence-electron chi connectivity index (χ3n) is 3.72. The first-order chi connectivity index (χ1) is 9.41. The molecule has 1 aliphatic heterocycles. The number of hydrogen-bond acceptors (Lipinski definition) is 2. The first-order valence-electron chi connectivity index (χ1n) is 6.40. The molecule has 0 spiro atoms. The van der Waals surface area contributed by atoms with E-state index in [1.807, 2.05) is 0 Å². The molecule has 2 atom stereocenters. The molecule has 20 heavy (non-hydrogen) atoms. The summed E-state index contributed by atoms with van der Waals surface area (Å²) in [6.45, 7) is 2.15. The average molecular weight is 344 g/mol. The standard InChI is InChI=1S/C14H15BrFNO3/c1-8-10(14(19)20)3-2-6-17(8)13(18)11-7-9(15)4-5-12(11)16/h4-5,7-8,10H,2-3,6H2,1H3,(H,19,20)/t8-,10-/m1/s1. The maximum atomic E-state index is 13.8. The van der Waals surface area contributed by atoms with Gasteiger partial charge in [0.25, 0.3) is 5.91 Å². The molecule has 1 amide bonds. The van der Waals surface area contributed by atoms with Gasteiger partial charge in [0.15, 0.2) is 0 Å². The Kier molecular flexibility index (Phi) is 4.42. The molecule has 108 valence electrons. The lowest BCUT2D eigenvalue weighted by Gasteiger charge is -2.37. The Balaban J connectivity index is 2.28. The number of halogens is 2. The zero-order chi connectivity index (χ0) is 14.9. The van der Waals surface area contributed by atoms with E-state index in [0.717, 1.165) is 0 Å². The molecule has 1 N–H and O–H groups in total. The summed E-state index contributed by atoms with van der Waals surface area (Å²) >= 11 is 3.21. The lowest BCUT2D eigenvalue weighted by Crippen LogP contribution is -2.49. The van der Waals surface area contributed by atoms with E-state index in [-0.39, 0.29) is 5.56 Å². The number of aliphatic carboxylic acids is 1. The Labute approximate surface area is 124 Å². The van der Waals surface area contributed by atoms with Crippen molar-refractivity contribution in [3.8, 4) is 0 Å². The molecule has 0 aromatic heterocycles. The normalized spacial score (nSPS) is 22.6. The van der Waals surface area contributed by atoms with Crippen LogP contribution in [-0.2, 0) is 4.79 Å². The predicted octanol–water partition coefficient (Wildman–Crippen LogP) is 2.91. The van der Waals surface area contributed by atoms with Gasteiger partial charge in [0.1, 0.15) is 5.82 Å². The Morgan fingerprint density at radius 2 is 2.15 bits per heavy atom. The fraction of sp³-hybridized carbons (Fsp3) is 0.429. The van der Waals surface area contributed by atoms with Gasteiger partial charge in [-0.2, -0.15) is 0 Å². The van der Waals surface area contributed by atoms with Gasteiger partial charge in [0.05, 0.1) is 11.5 Å². The summed E-state index contributed by atoms with van der Waals surface area (Å²) < 4.78 is 14.4. The monoisotopic (exact) mass is 343 g/mol. The number of amides is 1. The number of hydrogen-bond donors (Lipinski definition) is 1. The molecule has 0 bridgehead atoms. The van der Waals surface area contributed by atoms with Crippen LogP contribution in [0.3, 0.4) is 0 Å². The topological polar surface area (TPSA) is 57.6 Å². The minimum atomic E-state index is -0.912. The van der Waals surface area contributed by atoms with E-state index in [1.54, 1.807) is 6.92 Å². The van der Waals surface area contributed by atoms with Crippen LogP contribution in [0.5, 0.6) is 0 Å². The molecule has 1 heterocycles. The van der Waals surface area contributed by atoms with E-state index in [9.17, 15) is 14.0 Å². The molecular formula is C14H15BrFNO3. The van der Waals surface area contributed by atoms with Gasteiger partial charge in [-0.3, -0.25) is 9.59 Å². The maximum absolute atomic E-state index is 13.8. The van der Waals surface area contributed by atoms with Gasteiger partial charge in [-0.15, -0.1) is 0 Å². The molecular weight excluding hydrogens is 329 g/mol. The van der Waals surface area contributed by atoms with Crippen LogP contribution >= 0.6 is 15.9 Å². The van der Waals surface area contributed by atoms with Crippen molar-refractivity contribution in [1.29, 1.82) is 0 Å². The van der Waals surface area contributed by atoms with Gasteiger partial charge < -0.3 is 10.0 Å². The summed E-state index contributed by atoms with van der Waals surface area (Å²) in [7, 11) is 0. The Bertz CT molecular complexity index is 549. The zero-order valence-electron chi connectivity index (χ0n) is 11.0. The number of carboxylic acids is 1. The van der Waals surface area contributed by atoms with Gasteiger partial charge in [-0.1, -0.05) is 15.9 Å². The zero-order valence-corrected chi connectivity index (χ0v) is 12.6. The highest BCUT2D eigenvalue weighted by molar-refractivity contribution is 9.10. The maximum Gasteiger partial charge on any atom is 0.308 e. The van der Waals surface area contributed by atoms with Crippen LogP contribution in [0, 0.1) is 11.7 Å². The number of nitrogens with zero attached hydrogens (tertiary/aromatic N) is 1. The quantitative estimate of drug-likeness (QED) is 0.898. The van der Waals surface area contributed by atoms with Crippen molar-refractivity contribution in [3.63, 3.8) is 0 Å². The number of rotatable bonds is 2. The first-order valence-corrected chi connectivity index (χ1v) is 7.20. The molecule has 1 saturated heterocycles. The number of carbonyl (C=O) groups is 2. The van der Waals surface area contributed by atoms with E-state index in [0.29, 0.717) is 23.9 Å². The van der Waals surface area contributed by atoms with E-state index in [4.69, 9.17) is 5.11 Å². The van der Waals surface area contributed by atoms with Gasteiger partial charge >= 0.3 is 5.97 Å². The summed E-state index contributed by atoms with van der Waals surface area (Å²) in [5, 5.41) is 9.16. The molecule has 6 heteroatoms. The van der Waals surface area contributed by atoms with Crippen LogP contribution in [0.2, 0.25) is 0 Å². The molecule has 0 unspecified atom stereocenters. The van der Waals surface area contributed by atoms with E-state index >= 15 is 0 Å². The minimum absolute atomic E-state index is 0.0303. The van der Waals surface area contributed by atoms with Crippen molar-refractivity contribution >= 4 is 27.8 Å². The molecule has 1 aromatic carbocycles. The summed E-state index contributed by atoms with van der Waals surface area (Å²) in [6, 6.07) is 3.73. The van der Waals surface area contributed by atoms with E-state index < -0.39 is 29.7 Å². The smallest absolute Gasteiger partial charge is 0.308 e. The third kappa shape index (κ3) is 2.85. The molecule has 1 aromatic rings. The van der Waals surface area contributed by atoms with Crippen LogP contribution < -0.4 is 0 Å². The fourth-order valence-corrected chi connectivity index (χ4v) is 2.94. The summed E-state index contributed by atoms with van der Waals surface area (Å²) in [4.78, 5) is 25.0. The Morgan fingerprint density at radius 3 is 2.80 bits per heavy atom.